The van der Waals surface area contributed by atoms with Crippen LogP contribution in [0.25, 0.3) is 0 Å². The molecule has 0 saturated heterocycles. The summed E-state index contributed by atoms with van der Waals surface area (Å²) < 4.78 is 0. The van der Waals surface area contributed by atoms with E-state index in [1.165, 1.54) is 12.8 Å². The first-order chi connectivity index (χ1) is 6.93. The normalized spacial score (nSPS) is 20.8. The second-order valence-corrected chi connectivity index (χ2v) is 7.10. The third-order valence-electron chi connectivity index (χ3n) is 4.04. The summed E-state index contributed by atoms with van der Waals surface area (Å²) in [6, 6.07) is 0. The largest absolute Gasteiger partial charge is 0.122 e. The van der Waals surface area contributed by atoms with Gasteiger partial charge in [0.05, 0.1) is 0 Å². The van der Waals surface area contributed by atoms with E-state index >= 15 is 0 Å². The van der Waals surface area contributed by atoms with Crippen LogP contribution < -0.4 is 0 Å². The van der Waals surface area contributed by atoms with Crippen molar-refractivity contribution in [1.29, 1.82) is 0 Å². The molecule has 92 valence electrons. The summed E-state index contributed by atoms with van der Waals surface area (Å²) in [5, 5.41) is 0. The standard InChI is InChI=1S/C14H31P/c1-8-11(4)14(9-10(2)3)12(5)13(6)15-7/h10-15H,8-9H2,1-7H3. The molecule has 1 heteroatoms. The quantitative estimate of drug-likeness (QED) is 0.538. The highest BCUT2D eigenvalue weighted by molar-refractivity contribution is 7.37. The fraction of sp³-hybridized carbons (Fsp3) is 1.00. The lowest BCUT2D eigenvalue weighted by molar-refractivity contribution is 0.208. The third-order valence-corrected chi connectivity index (χ3v) is 5.47. The fourth-order valence-electron chi connectivity index (χ4n) is 2.45. The van der Waals surface area contributed by atoms with Crippen LogP contribution in [0, 0.1) is 23.7 Å². The van der Waals surface area contributed by atoms with Crippen LogP contribution >= 0.6 is 8.58 Å². The fourth-order valence-corrected chi connectivity index (χ4v) is 3.22. The molecular formula is C14H31P. The minimum Gasteiger partial charge on any atom is -0.122 e. The van der Waals surface area contributed by atoms with E-state index in [0.29, 0.717) is 0 Å². The Labute approximate surface area is 99.4 Å². The molecular weight excluding hydrogens is 199 g/mol. The molecule has 15 heavy (non-hydrogen) atoms. The maximum atomic E-state index is 2.47. The Morgan fingerprint density at radius 2 is 1.53 bits per heavy atom. The monoisotopic (exact) mass is 230 g/mol. The van der Waals surface area contributed by atoms with Crippen LogP contribution in [-0.2, 0) is 0 Å². The van der Waals surface area contributed by atoms with Gasteiger partial charge in [-0.1, -0.05) is 48.0 Å². The van der Waals surface area contributed by atoms with E-state index in [4.69, 9.17) is 0 Å². The Balaban J connectivity index is 4.46. The molecule has 0 bridgehead atoms. The van der Waals surface area contributed by atoms with Crippen LogP contribution in [0.2, 0.25) is 0 Å². The van der Waals surface area contributed by atoms with Gasteiger partial charge in [0.1, 0.15) is 0 Å². The summed E-state index contributed by atoms with van der Waals surface area (Å²) in [7, 11) is 1.10. The van der Waals surface area contributed by atoms with Crippen molar-refractivity contribution >= 4 is 8.58 Å². The van der Waals surface area contributed by atoms with Crippen molar-refractivity contribution in [2.75, 3.05) is 6.66 Å². The Bertz CT molecular complexity index is 153. The second kappa shape index (κ2) is 7.66. The first kappa shape index (κ1) is 15.4. The number of rotatable bonds is 7. The van der Waals surface area contributed by atoms with Gasteiger partial charge in [-0.25, -0.2) is 0 Å². The molecule has 0 rings (SSSR count). The van der Waals surface area contributed by atoms with E-state index in [1.54, 1.807) is 0 Å². The van der Waals surface area contributed by atoms with Gasteiger partial charge < -0.3 is 0 Å². The molecule has 5 atom stereocenters. The predicted molar refractivity (Wildman–Crippen MR) is 75.3 cm³/mol. The highest BCUT2D eigenvalue weighted by Crippen LogP contribution is 2.36. The van der Waals surface area contributed by atoms with E-state index in [9.17, 15) is 0 Å². The first-order valence-electron chi connectivity index (χ1n) is 6.61. The summed E-state index contributed by atoms with van der Waals surface area (Å²) in [6.45, 7) is 16.8. The van der Waals surface area contributed by atoms with Gasteiger partial charge in [0.25, 0.3) is 0 Å². The topological polar surface area (TPSA) is 0 Å². The van der Waals surface area contributed by atoms with Crippen molar-refractivity contribution in [2.24, 2.45) is 23.7 Å². The van der Waals surface area contributed by atoms with Crippen LogP contribution in [-0.4, -0.2) is 12.3 Å². The summed E-state index contributed by atoms with van der Waals surface area (Å²) >= 11 is 0. The van der Waals surface area contributed by atoms with Gasteiger partial charge in [0.15, 0.2) is 0 Å². The number of hydrogen-bond acceptors (Lipinski definition) is 0. The average molecular weight is 230 g/mol. The van der Waals surface area contributed by atoms with Gasteiger partial charge in [-0.15, -0.1) is 8.58 Å². The van der Waals surface area contributed by atoms with Crippen molar-refractivity contribution in [3.8, 4) is 0 Å². The van der Waals surface area contributed by atoms with E-state index < -0.39 is 0 Å². The van der Waals surface area contributed by atoms with Crippen LogP contribution in [0.3, 0.4) is 0 Å². The van der Waals surface area contributed by atoms with Gasteiger partial charge in [-0.05, 0) is 42.4 Å². The second-order valence-electron chi connectivity index (χ2n) is 5.62. The maximum absolute atomic E-state index is 2.47. The molecule has 0 aromatic carbocycles. The SMILES string of the molecule is CCC(C)C(CC(C)C)C(C)C(C)PC. The molecule has 0 spiro atoms. The molecule has 0 aliphatic carbocycles. The van der Waals surface area contributed by atoms with E-state index in [-0.39, 0.29) is 0 Å². The Kier molecular flexibility index (Phi) is 7.88. The van der Waals surface area contributed by atoms with Gasteiger partial charge in [0.2, 0.25) is 0 Å². The zero-order chi connectivity index (χ0) is 12.0. The summed E-state index contributed by atoms with van der Waals surface area (Å²) in [4.78, 5) is 0. The molecule has 0 N–H and O–H groups in total. The molecule has 0 saturated carbocycles. The molecule has 0 aliphatic heterocycles. The molecule has 0 aliphatic rings. The van der Waals surface area contributed by atoms with Crippen molar-refractivity contribution in [2.45, 2.75) is 60.0 Å². The zero-order valence-electron chi connectivity index (χ0n) is 11.8. The predicted octanol–water partition coefficient (Wildman–Crippen LogP) is 5.03. The summed E-state index contributed by atoms with van der Waals surface area (Å²) in [5.74, 6) is 3.56. The van der Waals surface area contributed by atoms with Gasteiger partial charge in [-0.2, -0.15) is 0 Å². The number of hydrogen-bond donors (Lipinski definition) is 0. The minimum atomic E-state index is 0.846. The molecule has 5 unspecified atom stereocenters. The van der Waals surface area contributed by atoms with E-state index in [2.05, 4.69) is 48.2 Å². The molecule has 0 fully saturated rings. The van der Waals surface area contributed by atoms with Crippen molar-refractivity contribution < 1.29 is 0 Å². The minimum absolute atomic E-state index is 0.846. The van der Waals surface area contributed by atoms with Gasteiger partial charge >= 0.3 is 0 Å². The Morgan fingerprint density at radius 1 is 1.00 bits per heavy atom. The van der Waals surface area contributed by atoms with Crippen LogP contribution in [0.4, 0.5) is 0 Å². The Morgan fingerprint density at radius 3 is 1.87 bits per heavy atom. The molecule has 0 aromatic rings. The van der Waals surface area contributed by atoms with E-state index in [0.717, 1.165) is 37.9 Å². The summed E-state index contributed by atoms with van der Waals surface area (Å²) in [6.07, 6.45) is 2.74. The van der Waals surface area contributed by atoms with Crippen LogP contribution in [0.5, 0.6) is 0 Å². The lowest BCUT2D eigenvalue weighted by Gasteiger charge is -2.34. The Hall–Kier alpha value is 0.430. The van der Waals surface area contributed by atoms with Crippen LogP contribution in [0.1, 0.15) is 54.4 Å². The van der Waals surface area contributed by atoms with Gasteiger partial charge in [-0.3, -0.25) is 0 Å². The maximum Gasteiger partial charge on any atom is -0.0239 e. The molecule has 0 amide bonds. The molecule has 0 heterocycles. The van der Waals surface area contributed by atoms with Crippen molar-refractivity contribution in [1.82, 2.24) is 0 Å². The highest BCUT2D eigenvalue weighted by Gasteiger charge is 2.26. The van der Waals surface area contributed by atoms with E-state index in [1.807, 2.05) is 0 Å². The summed E-state index contributed by atoms with van der Waals surface area (Å²) in [5.41, 5.74) is 0.905. The third kappa shape index (κ3) is 5.34. The first-order valence-corrected chi connectivity index (χ1v) is 8.18. The smallest absolute Gasteiger partial charge is 0.0239 e. The van der Waals surface area contributed by atoms with Gasteiger partial charge in [0, 0.05) is 0 Å². The van der Waals surface area contributed by atoms with Crippen LogP contribution in [0.15, 0.2) is 0 Å². The molecule has 0 aromatic heterocycles. The molecule has 0 radical (unpaired) electrons. The lowest BCUT2D eigenvalue weighted by Crippen LogP contribution is -2.26. The van der Waals surface area contributed by atoms with Crippen molar-refractivity contribution in [3.05, 3.63) is 0 Å². The molecule has 0 nitrogen and oxygen atoms in total. The zero-order valence-corrected chi connectivity index (χ0v) is 12.8. The average Bonchev–Trinajstić information content (AvgIpc) is 2.22. The highest BCUT2D eigenvalue weighted by atomic mass is 31.1. The van der Waals surface area contributed by atoms with Crippen molar-refractivity contribution in [3.63, 3.8) is 0 Å². The lowest BCUT2D eigenvalue weighted by atomic mass is 9.76.